The molecule has 7 heteroatoms. The van der Waals surface area contributed by atoms with E-state index in [1.807, 2.05) is 52.8 Å². The summed E-state index contributed by atoms with van der Waals surface area (Å²) in [5.74, 6) is -0.212. The topological polar surface area (TPSA) is 81.8 Å². The molecule has 1 heterocycles. The van der Waals surface area contributed by atoms with Gasteiger partial charge in [-0.05, 0) is 43.2 Å². The molecule has 33 heavy (non-hydrogen) atoms. The molecule has 1 saturated heterocycles. The van der Waals surface area contributed by atoms with Crippen LogP contribution < -0.4 is 10.6 Å². The van der Waals surface area contributed by atoms with Crippen molar-refractivity contribution in [1.82, 2.24) is 9.80 Å². The Labute approximate surface area is 196 Å². The second-order valence-electron chi connectivity index (χ2n) is 9.67. The third-order valence-corrected chi connectivity index (χ3v) is 5.82. The third-order valence-electron chi connectivity index (χ3n) is 5.82. The molecule has 7 nitrogen and oxygen atoms in total. The van der Waals surface area contributed by atoms with Crippen LogP contribution in [0.25, 0.3) is 0 Å². The summed E-state index contributed by atoms with van der Waals surface area (Å²) in [7, 11) is 0. The van der Waals surface area contributed by atoms with E-state index in [1.54, 1.807) is 29.2 Å². The van der Waals surface area contributed by atoms with Crippen LogP contribution in [0.3, 0.4) is 0 Å². The SMILES string of the molecule is Cc1cccc(C)c1NC(=O)CN1CCN(C(=O)c2cccc(NC(=O)C(C)(C)C)c2)CC1. The number of aryl methyl sites for hydroxylation is 2. The van der Waals surface area contributed by atoms with E-state index < -0.39 is 5.41 Å². The van der Waals surface area contributed by atoms with E-state index in [0.717, 1.165) is 16.8 Å². The van der Waals surface area contributed by atoms with Crippen LogP contribution in [0.2, 0.25) is 0 Å². The van der Waals surface area contributed by atoms with Crippen molar-refractivity contribution >= 4 is 29.1 Å². The number of anilines is 2. The van der Waals surface area contributed by atoms with E-state index in [-0.39, 0.29) is 17.7 Å². The highest BCUT2D eigenvalue weighted by Crippen LogP contribution is 2.20. The molecule has 2 aromatic rings. The summed E-state index contributed by atoms with van der Waals surface area (Å²) in [5.41, 5.74) is 3.60. The minimum atomic E-state index is -0.513. The molecular weight excluding hydrogens is 416 g/mol. The third kappa shape index (κ3) is 6.42. The number of nitrogens with one attached hydrogen (secondary N) is 2. The molecule has 2 N–H and O–H groups in total. The Balaban J connectivity index is 1.53. The van der Waals surface area contributed by atoms with Crippen LogP contribution in [0.4, 0.5) is 11.4 Å². The molecule has 0 spiro atoms. The molecular formula is C26H34N4O3. The monoisotopic (exact) mass is 450 g/mol. The van der Waals surface area contributed by atoms with Gasteiger partial charge in [0, 0.05) is 48.5 Å². The maximum absolute atomic E-state index is 13.0. The number of hydrogen-bond donors (Lipinski definition) is 2. The molecule has 3 amide bonds. The molecule has 0 saturated carbocycles. The fourth-order valence-electron chi connectivity index (χ4n) is 3.73. The summed E-state index contributed by atoms with van der Waals surface area (Å²) in [6.07, 6.45) is 0. The smallest absolute Gasteiger partial charge is 0.254 e. The lowest BCUT2D eigenvalue weighted by Gasteiger charge is -2.34. The molecule has 1 aliphatic rings. The summed E-state index contributed by atoms with van der Waals surface area (Å²) in [4.78, 5) is 41.7. The number of piperazine rings is 1. The van der Waals surface area contributed by atoms with Crippen molar-refractivity contribution in [2.75, 3.05) is 43.4 Å². The van der Waals surface area contributed by atoms with Crippen LogP contribution in [0.15, 0.2) is 42.5 Å². The van der Waals surface area contributed by atoms with Crippen LogP contribution in [0.5, 0.6) is 0 Å². The van der Waals surface area contributed by atoms with E-state index in [1.165, 1.54) is 0 Å². The lowest BCUT2D eigenvalue weighted by Crippen LogP contribution is -2.50. The van der Waals surface area contributed by atoms with Gasteiger partial charge >= 0.3 is 0 Å². The van der Waals surface area contributed by atoms with Gasteiger partial charge in [-0.25, -0.2) is 0 Å². The second kappa shape index (κ2) is 10.2. The molecule has 3 rings (SSSR count). The molecule has 176 valence electrons. The first-order valence-electron chi connectivity index (χ1n) is 11.3. The predicted molar refractivity (Wildman–Crippen MR) is 131 cm³/mol. The lowest BCUT2D eigenvalue weighted by molar-refractivity contribution is -0.123. The number of benzene rings is 2. The number of para-hydroxylation sites is 1. The van der Waals surface area contributed by atoms with E-state index in [9.17, 15) is 14.4 Å². The van der Waals surface area contributed by atoms with E-state index >= 15 is 0 Å². The van der Waals surface area contributed by atoms with Crippen LogP contribution in [-0.2, 0) is 9.59 Å². The normalized spacial score (nSPS) is 14.6. The first-order valence-corrected chi connectivity index (χ1v) is 11.3. The van der Waals surface area contributed by atoms with Crippen LogP contribution >= 0.6 is 0 Å². The second-order valence-corrected chi connectivity index (χ2v) is 9.67. The number of hydrogen-bond acceptors (Lipinski definition) is 4. The van der Waals surface area contributed by atoms with Gasteiger partial charge in [-0.15, -0.1) is 0 Å². The molecule has 2 aromatic carbocycles. The number of amides is 3. The summed E-state index contributed by atoms with van der Waals surface area (Å²) in [6.45, 7) is 12.2. The number of nitrogens with zero attached hydrogens (tertiary/aromatic N) is 2. The van der Waals surface area contributed by atoms with Gasteiger partial charge in [-0.2, -0.15) is 0 Å². The summed E-state index contributed by atoms with van der Waals surface area (Å²) >= 11 is 0. The Hall–Kier alpha value is -3.19. The van der Waals surface area contributed by atoms with Gasteiger partial charge in [0.2, 0.25) is 11.8 Å². The first kappa shape index (κ1) is 24.5. The van der Waals surface area contributed by atoms with Gasteiger partial charge in [0.05, 0.1) is 6.54 Å². The first-order chi connectivity index (χ1) is 15.5. The fourth-order valence-corrected chi connectivity index (χ4v) is 3.73. The summed E-state index contributed by atoms with van der Waals surface area (Å²) in [6, 6.07) is 13.0. The van der Waals surface area contributed by atoms with Gasteiger partial charge in [0.25, 0.3) is 5.91 Å². The largest absolute Gasteiger partial charge is 0.336 e. The van der Waals surface area contributed by atoms with Crippen LogP contribution in [0.1, 0.15) is 42.3 Å². The Kier molecular flexibility index (Phi) is 7.53. The van der Waals surface area contributed by atoms with Crippen molar-refractivity contribution in [2.45, 2.75) is 34.6 Å². The van der Waals surface area contributed by atoms with Crippen molar-refractivity contribution in [3.63, 3.8) is 0 Å². The Morgan fingerprint density at radius 2 is 1.48 bits per heavy atom. The highest BCUT2D eigenvalue weighted by Gasteiger charge is 2.25. The van der Waals surface area contributed by atoms with Gasteiger partial charge < -0.3 is 15.5 Å². The van der Waals surface area contributed by atoms with Gasteiger partial charge in [-0.3, -0.25) is 19.3 Å². The number of carbonyl (C=O) groups is 3. The Morgan fingerprint density at radius 3 is 2.09 bits per heavy atom. The standard InChI is InChI=1S/C26H34N4O3/c1-18-8-6-9-19(2)23(18)28-22(31)17-29-12-14-30(15-13-29)24(32)20-10-7-11-21(16-20)27-25(33)26(3,4)5/h6-11,16H,12-15,17H2,1-5H3,(H,27,33)(H,28,31). The average Bonchev–Trinajstić information content (AvgIpc) is 2.76. The van der Waals surface area contributed by atoms with Crippen molar-refractivity contribution in [3.05, 3.63) is 59.2 Å². The molecule has 1 fully saturated rings. The molecule has 0 aliphatic carbocycles. The van der Waals surface area contributed by atoms with Crippen LogP contribution in [0, 0.1) is 19.3 Å². The Morgan fingerprint density at radius 1 is 0.879 bits per heavy atom. The lowest BCUT2D eigenvalue weighted by atomic mass is 9.95. The highest BCUT2D eigenvalue weighted by atomic mass is 16.2. The summed E-state index contributed by atoms with van der Waals surface area (Å²) in [5, 5.41) is 5.90. The minimum Gasteiger partial charge on any atom is -0.336 e. The van der Waals surface area contributed by atoms with E-state index in [0.29, 0.717) is 44.0 Å². The highest BCUT2D eigenvalue weighted by molar-refractivity contribution is 5.98. The molecule has 0 radical (unpaired) electrons. The van der Waals surface area contributed by atoms with Gasteiger partial charge in [-0.1, -0.05) is 45.0 Å². The fraction of sp³-hybridized carbons (Fsp3) is 0.423. The summed E-state index contributed by atoms with van der Waals surface area (Å²) < 4.78 is 0. The van der Waals surface area contributed by atoms with Gasteiger partial charge in [0.1, 0.15) is 0 Å². The van der Waals surface area contributed by atoms with Crippen molar-refractivity contribution in [3.8, 4) is 0 Å². The molecule has 1 aliphatic heterocycles. The average molecular weight is 451 g/mol. The quantitative estimate of drug-likeness (QED) is 0.728. The molecule has 0 bridgehead atoms. The van der Waals surface area contributed by atoms with Crippen molar-refractivity contribution in [1.29, 1.82) is 0 Å². The molecule has 0 aromatic heterocycles. The maximum Gasteiger partial charge on any atom is 0.254 e. The zero-order chi connectivity index (χ0) is 24.2. The molecule has 0 atom stereocenters. The van der Waals surface area contributed by atoms with Crippen molar-refractivity contribution in [2.24, 2.45) is 5.41 Å². The number of carbonyl (C=O) groups excluding carboxylic acids is 3. The predicted octanol–water partition coefficient (Wildman–Crippen LogP) is 3.68. The zero-order valence-electron chi connectivity index (χ0n) is 20.2. The van der Waals surface area contributed by atoms with Crippen molar-refractivity contribution < 1.29 is 14.4 Å². The molecule has 0 unspecified atom stereocenters. The van der Waals surface area contributed by atoms with E-state index in [4.69, 9.17) is 0 Å². The van der Waals surface area contributed by atoms with E-state index in [2.05, 4.69) is 15.5 Å². The Bertz CT molecular complexity index is 1010. The van der Waals surface area contributed by atoms with Crippen LogP contribution in [-0.4, -0.2) is 60.2 Å². The zero-order valence-corrected chi connectivity index (χ0v) is 20.2. The minimum absolute atomic E-state index is 0.0468. The number of rotatable bonds is 5. The maximum atomic E-state index is 13.0. The van der Waals surface area contributed by atoms with Gasteiger partial charge in [0.15, 0.2) is 0 Å².